The lowest BCUT2D eigenvalue weighted by Gasteiger charge is -2.32. The fraction of sp³-hybridized carbons (Fsp3) is 0.286. The van der Waals surface area contributed by atoms with Crippen LogP contribution in [0.3, 0.4) is 0 Å². The molecule has 0 bridgehead atoms. The van der Waals surface area contributed by atoms with Crippen LogP contribution in [0.2, 0.25) is 0 Å². The standard InChI is InChI=1S/C21H22N6O3/c1-30-21(29)16-4-2-3-5-17(16)25-20(28)15-6-9-26(10-7-15)18-12-19(24-13-23-18)27-11-8-22-14-27/h2-5,8,11-15H,6-7,9-10H2,1H3,(H,25,28). The molecular weight excluding hydrogens is 384 g/mol. The summed E-state index contributed by atoms with van der Waals surface area (Å²) in [6.45, 7) is 1.41. The van der Waals surface area contributed by atoms with Gasteiger partial charge in [-0.05, 0) is 25.0 Å². The second-order valence-electron chi connectivity index (χ2n) is 6.99. The highest BCUT2D eigenvalue weighted by Gasteiger charge is 2.27. The van der Waals surface area contributed by atoms with Crippen molar-refractivity contribution in [3.05, 3.63) is 60.9 Å². The normalized spacial score (nSPS) is 14.4. The number of rotatable bonds is 5. The van der Waals surface area contributed by atoms with E-state index < -0.39 is 5.97 Å². The zero-order valence-corrected chi connectivity index (χ0v) is 16.6. The van der Waals surface area contributed by atoms with Crippen molar-refractivity contribution < 1.29 is 14.3 Å². The summed E-state index contributed by atoms with van der Waals surface area (Å²) in [5.74, 6) is 0.869. The molecule has 1 aromatic carbocycles. The first-order chi connectivity index (χ1) is 14.7. The second kappa shape index (κ2) is 8.73. The Kier molecular flexibility index (Phi) is 5.69. The number of ether oxygens (including phenoxy) is 1. The van der Waals surface area contributed by atoms with Gasteiger partial charge in [0.1, 0.15) is 24.3 Å². The Hall–Kier alpha value is -3.75. The Morgan fingerprint density at radius 2 is 1.90 bits per heavy atom. The molecule has 0 spiro atoms. The summed E-state index contributed by atoms with van der Waals surface area (Å²) < 4.78 is 6.61. The third-order valence-electron chi connectivity index (χ3n) is 5.19. The van der Waals surface area contributed by atoms with Gasteiger partial charge in [-0.25, -0.2) is 19.7 Å². The molecule has 9 heteroatoms. The van der Waals surface area contributed by atoms with Crippen LogP contribution in [0, 0.1) is 5.92 Å². The van der Waals surface area contributed by atoms with Crippen LogP contribution >= 0.6 is 0 Å². The highest BCUT2D eigenvalue weighted by Crippen LogP contribution is 2.25. The third kappa shape index (κ3) is 4.14. The van der Waals surface area contributed by atoms with Crippen molar-refractivity contribution in [3.63, 3.8) is 0 Å². The van der Waals surface area contributed by atoms with E-state index in [1.807, 2.05) is 16.8 Å². The predicted octanol–water partition coefficient (Wildman–Crippen LogP) is 2.30. The minimum atomic E-state index is -0.474. The van der Waals surface area contributed by atoms with Gasteiger partial charge in [0.05, 0.1) is 18.4 Å². The molecule has 3 aromatic rings. The zero-order chi connectivity index (χ0) is 20.9. The highest BCUT2D eigenvalue weighted by atomic mass is 16.5. The number of hydrogen-bond acceptors (Lipinski definition) is 7. The Bertz CT molecular complexity index is 1030. The molecule has 2 aromatic heterocycles. The number of carbonyl (C=O) groups excluding carboxylic acids is 2. The van der Waals surface area contributed by atoms with Gasteiger partial charge < -0.3 is 15.0 Å². The van der Waals surface area contributed by atoms with Crippen molar-refractivity contribution in [1.29, 1.82) is 0 Å². The smallest absolute Gasteiger partial charge is 0.339 e. The van der Waals surface area contributed by atoms with Crippen LogP contribution < -0.4 is 10.2 Å². The first-order valence-electron chi connectivity index (χ1n) is 9.69. The number of anilines is 2. The summed E-state index contributed by atoms with van der Waals surface area (Å²) in [7, 11) is 1.32. The van der Waals surface area contributed by atoms with Crippen molar-refractivity contribution in [3.8, 4) is 5.82 Å². The van der Waals surface area contributed by atoms with Gasteiger partial charge in [0.2, 0.25) is 5.91 Å². The van der Waals surface area contributed by atoms with E-state index in [4.69, 9.17) is 4.74 Å². The van der Waals surface area contributed by atoms with Crippen LogP contribution in [-0.4, -0.2) is 51.6 Å². The van der Waals surface area contributed by atoms with Gasteiger partial charge in [-0.1, -0.05) is 12.1 Å². The number of para-hydroxylation sites is 1. The predicted molar refractivity (Wildman–Crippen MR) is 111 cm³/mol. The first kappa shape index (κ1) is 19.6. The summed E-state index contributed by atoms with van der Waals surface area (Å²) in [6, 6.07) is 8.77. The molecule has 0 unspecified atom stereocenters. The van der Waals surface area contributed by atoms with Gasteiger partial charge in [0.25, 0.3) is 0 Å². The van der Waals surface area contributed by atoms with Gasteiger partial charge in [-0.15, -0.1) is 0 Å². The molecule has 1 saturated heterocycles. The van der Waals surface area contributed by atoms with Gasteiger partial charge in [0.15, 0.2) is 0 Å². The van der Waals surface area contributed by atoms with Crippen molar-refractivity contribution in [2.24, 2.45) is 5.92 Å². The Morgan fingerprint density at radius 3 is 2.63 bits per heavy atom. The first-order valence-corrected chi connectivity index (χ1v) is 9.69. The van der Waals surface area contributed by atoms with Gasteiger partial charge in [-0.3, -0.25) is 9.36 Å². The molecular formula is C21H22N6O3. The van der Waals surface area contributed by atoms with E-state index in [1.165, 1.54) is 13.4 Å². The van der Waals surface area contributed by atoms with Crippen LogP contribution in [-0.2, 0) is 9.53 Å². The van der Waals surface area contributed by atoms with Crippen molar-refractivity contribution in [2.45, 2.75) is 12.8 Å². The SMILES string of the molecule is COC(=O)c1ccccc1NC(=O)C1CCN(c2cc(-n3ccnc3)ncn2)CC1. The number of carbonyl (C=O) groups is 2. The van der Waals surface area contributed by atoms with E-state index in [2.05, 4.69) is 25.2 Å². The third-order valence-corrected chi connectivity index (χ3v) is 5.19. The molecule has 0 radical (unpaired) electrons. The fourth-order valence-electron chi connectivity index (χ4n) is 3.53. The monoisotopic (exact) mass is 406 g/mol. The molecule has 4 rings (SSSR count). The summed E-state index contributed by atoms with van der Waals surface area (Å²) in [5.41, 5.74) is 0.816. The summed E-state index contributed by atoms with van der Waals surface area (Å²) in [6.07, 6.45) is 8.13. The Balaban J connectivity index is 1.39. The molecule has 154 valence electrons. The molecule has 1 amide bonds. The lowest BCUT2D eigenvalue weighted by molar-refractivity contribution is -0.120. The largest absolute Gasteiger partial charge is 0.465 e. The number of nitrogens with zero attached hydrogens (tertiary/aromatic N) is 5. The summed E-state index contributed by atoms with van der Waals surface area (Å²) >= 11 is 0. The number of aromatic nitrogens is 4. The maximum Gasteiger partial charge on any atom is 0.339 e. The van der Waals surface area contributed by atoms with Gasteiger partial charge in [0, 0.05) is 37.5 Å². The molecule has 9 nitrogen and oxygen atoms in total. The maximum absolute atomic E-state index is 12.8. The maximum atomic E-state index is 12.8. The molecule has 0 atom stereocenters. The van der Waals surface area contributed by atoms with Gasteiger partial charge in [-0.2, -0.15) is 0 Å². The molecule has 30 heavy (non-hydrogen) atoms. The number of piperidine rings is 1. The van der Waals surface area contributed by atoms with Crippen molar-refractivity contribution >= 4 is 23.4 Å². The lowest BCUT2D eigenvalue weighted by Crippen LogP contribution is -2.38. The molecule has 1 aliphatic rings. The quantitative estimate of drug-likeness (QED) is 0.649. The molecule has 1 aliphatic heterocycles. The lowest BCUT2D eigenvalue weighted by atomic mass is 9.95. The Morgan fingerprint density at radius 1 is 1.13 bits per heavy atom. The molecule has 1 fully saturated rings. The highest BCUT2D eigenvalue weighted by molar-refractivity contribution is 6.01. The van der Waals surface area contributed by atoms with E-state index in [1.54, 1.807) is 36.8 Å². The van der Waals surface area contributed by atoms with E-state index >= 15 is 0 Å². The van der Waals surface area contributed by atoms with Crippen LogP contribution in [0.15, 0.2) is 55.4 Å². The number of hydrogen-bond donors (Lipinski definition) is 1. The van der Waals surface area contributed by atoms with Crippen LogP contribution in [0.4, 0.5) is 11.5 Å². The van der Waals surface area contributed by atoms with Crippen LogP contribution in [0.5, 0.6) is 0 Å². The number of imidazole rings is 1. The molecule has 0 saturated carbocycles. The number of methoxy groups -OCH3 is 1. The number of amides is 1. The molecule has 0 aliphatic carbocycles. The molecule has 1 N–H and O–H groups in total. The summed E-state index contributed by atoms with van der Waals surface area (Å²) in [4.78, 5) is 39.5. The van der Waals surface area contributed by atoms with Crippen LogP contribution in [0.1, 0.15) is 23.2 Å². The average Bonchev–Trinajstić information content (AvgIpc) is 3.34. The van der Waals surface area contributed by atoms with Gasteiger partial charge >= 0.3 is 5.97 Å². The molecule has 3 heterocycles. The minimum Gasteiger partial charge on any atom is -0.465 e. The van der Waals surface area contributed by atoms with E-state index in [-0.39, 0.29) is 11.8 Å². The zero-order valence-electron chi connectivity index (χ0n) is 16.6. The number of esters is 1. The Labute approximate surface area is 173 Å². The van der Waals surface area contributed by atoms with E-state index in [0.717, 1.165) is 11.6 Å². The summed E-state index contributed by atoms with van der Waals surface area (Å²) in [5, 5.41) is 2.88. The average molecular weight is 406 g/mol. The minimum absolute atomic E-state index is 0.0900. The van der Waals surface area contributed by atoms with E-state index in [0.29, 0.717) is 37.2 Å². The topological polar surface area (TPSA) is 102 Å². The van der Waals surface area contributed by atoms with Crippen molar-refractivity contribution in [1.82, 2.24) is 19.5 Å². The van der Waals surface area contributed by atoms with Crippen LogP contribution in [0.25, 0.3) is 5.82 Å². The fourth-order valence-corrected chi connectivity index (χ4v) is 3.53. The van der Waals surface area contributed by atoms with Crippen molar-refractivity contribution in [2.75, 3.05) is 30.4 Å². The number of benzene rings is 1. The number of nitrogens with one attached hydrogen (secondary N) is 1. The second-order valence-corrected chi connectivity index (χ2v) is 6.99. The van der Waals surface area contributed by atoms with E-state index in [9.17, 15) is 9.59 Å².